The fourth-order valence-electron chi connectivity index (χ4n) is 3.20. The van der Waals surface area contributed by atoms with Crippen molar-refractivity contribution in [2.75, 3.05) is 0 Å². The number of esters is 2. The maximum absolute atomic E-state index is 11.7. The number of hydrogen-bond acceptors (Lipinski definition) is 4. The van der Waals surface area contributed by atoms with Crippen LogP contribution >= 0.6 is 0 Å². The van der Waals surface area contributed by atoms with Gasteiger partial charge in [0.05, 0.1) is 0 Å². The lowest BCUT2D eigenvalue weighted by Crippen LogP contribution is -2.07. The van der Waals surface area contributed by atoms with Crippen LogP contribution < -0.4 is 9.47 Å². The summed E-state index contributed by atoms with van der Waals surface area (Å²) in [6.45, 7) is 12.7. The lowest BCUT2D eigenvalue weighted by atomic mass is 9.92. The van der Waals surface area contributed by atoms with Crippen molar-refractivity contribution in [2.45, 2.75) is 20.8 Å². The highest BCUT2D eigenvalue weighted by Gasteiger charge is 2.11. The van der Waals surface area contributed by atoms with Crippen LogP contribution in [-0.4, -0.2) is 11.9 Å². The van der Waals surface area contributed by atoms with Gasteiger partial charge in [-0.1, -0.05) is 49.6 Å². The van der Waals surface area contributed by atoms with E-state index < -0.39 is 11.9 Å². The summed E-state index contributed by atoms with van der Waals surface area (Å²) in [5.74, 6) is 0.0472. The largest absolute Gasteiger partial charge is 0.423 e. The first-order valence-electron chi connectivity index (χ1n) is 9.82. The third-order valence-electron chi connectivity index (χ3n) is 4.85. The Morgan fingerprint density at radius 1 is 0.774 bits per heavy atom. The van der Waals surface area contributed by atoms with Gasteiger partial charge in [-0.25, -0.2) is 9.59 Å². The Bertz CT molecular complexity index is 1150. The van der Waals surface area contributed by atoms with Gasteiger partial charge in [0.1, 0.15) is 11.5 Å². The minimum Gasteiger partial charge on any atom is -0.423 e. The molecule has 4 heteroatoms. The summed E-state index contributed by atoms with van der Waals surface area (Å²) in [5, 5.41) is 0. The van der Waals surface area contributed by atoms with Crippen molar-refractivity contribution in [1.82, 2.24) is 0 Å². The van der Waals surface area contributed by atoms with Crippen molar-refractivity contribution in [3.05, 3.63) is 96.6 Å². The Hall–Kier alpha value is -3.92. The highest BCUT2D eigenvalue weighted by molar-refractivity contribution is 5.89. The maximum atomic E-state index is 11.7. The van der Waals surface area contributed by atoms with Crippen molar-refractivity contribution in [2.24, 2.45) is 0 Å². The molecule has 3 aromatic rings. The number of carbonyl (C=O) groups is 2. The molecule has 3 rings (SSSR count). The Morgan fingerprint density at radius 2 is 1.19 bits per heavy atom. The molecule has 0 atom stereocenters. The molecule has 0 N–H and O–H groups in total. The average Bonchev–Trinajstić information content (AvgIpc) is 2.76. The summed E-state index contributed by atoms with van der Waals surface area (Å²) in [4.78, 5) is 23.0. The molecule has 0 saturated heterocycles. The predicted octanol–water partition coefficient (Wildman–Crippen LogP) is 6.21. The van der Waals surface area contributed by atoms with E-state index in [1.165, 1.54) is 0 Å². The van der Waals surface area contributed by atoms with Crippen LogP contribution in [0.25, 0.3) is 22.3 Å². The van der Waals surface area contributed by atoms with Gasteiger partial charge < -0.3 is 9.47 Å². The van der Waals surface area contributed by atoms with Crippen molar-refractivity contribution >= 4 is 11.9 Å². The first-order valence-corrected chi connectivity index (χ1v) is 9.82. The SMILES string of the molecule is C=CC(=O)Oc1ccc(-c2cc(C)c(-c3ccc(OC(=O)C(=C)C)cc3)cc2C)cc1. The van der Waals surface area contributed by atoms with Crippen LogP contribution in [0.1, 0.15) is 18.1 Å². The fraction of sp³-hybridized carbons (Fsp3) is 0.111. The number of ether oxygens (including phenoxy) is 2. The molecular weight excluding hydrogens is 388 g/mol. The van der Waals surface area contributed by atoms with Crippen LogP contribution in [0.5, 0.6) is 11.5 Å². The molecule has 0 bridgehead atoms. The minimum atomic E-state index is -0.482. The van der Waals surface area contributed by atoms with Gasteiger partial charge in [0.15, 0.2) is 0 Å². The van der Waals surface area contributed by atoms with Gasteiger partial charge in [0, 0.05) is 11.6 Å². The molecule has 0 aliphatic heterocycles. The molecule has 3 aromatic carbocycles. The lowest BCUT2D eigenvalue weighted by molar-refractivity contribution is -0.130. The molecular formula is C27H24O4. The number of aryl methyl sites for hydroxylation is 2. The third-order valence-corrected chi connectivity index (χ3v) is 4.85. The minimum absolute atomic E-state index is 0.359. The van der Waals surface area contributed by atoms with Gasteiger partial charge in [-0.05, 0) is 78.4 Å². The lowest BCUT2D eigenvalue weighted by Gasteiger charge is -2.14. The number of carbonyl (C=O) groups excluding carboxylic acids is 2. The van der Waals surface area contributed by atoms with Gasteiger partial charge >= 0.3 is 11.9 Å². The number of rotatable bonds is 6. The zero-order valence-corrected chi connectivity index (χ0v) is 17.9. The molecule has 0 radical (unpaired) electrons. The Labute approximate surface area is 182 Å². The molecule has 0 aliphatic carbocycles. The summed E-state index contributed by atoms with van der Waals surface area (Å²) in [6, 6.07) is 19.1. The second-order valence-corrected chi connectivity index (χ2v) is 7.33. The monoisotopic (exact) mass is 412 g/mol. The van der Waals surface area contributed by atoms with Crippen LogP contribution in [0.15, 0.2) is 85.5 Å². The van der Waals surface area contributed by atoms with Crippen molar-refractivity contribution < 1.29 is 19.1 Å². The third kappa shape index (κ3) is 5.17. The van der Waals surface area contributed by atoms with Crippen molar-refractivity contribution in [3.63, 3.8) is 0 Å². The van der Waals surface area contributed by atoms with E-state index in [-0.39, 0.29) is 0 Å². The first kappa shape index (κ1) is 21.8. The van der Waals surface area contributed by atoms with Crippen molar-refractivity contribution in [3.8, 4) is 33.8 Å². The molecule has 0 heterocycles. The van der Waals surface area contributed by atoms with E-state index in [2.05, 4.69) is 39.1 Å². The van der Waals surface area contributed by atoms with E-state index >= 15 is 0 Å². The molecule has 0 unspecified atom stereocenters. The van der Waals surface area contributed by atoms with E-state index in [1.54, 1.807) is 31.2 Å². The second kappa shape index (κ2) is 9.26. The van der Waals surface area contributed by atoms with E-state index in [1.807, 2.05) is 24.3 Å². The van der Waals surface area contributed by atoms with Gasteiger partial charge in [-0.2, -0.15) is 0 Å². The predicted molar refractivity (Wildman–Crippen MR) is 123 cm³/mol. The molecule has 156 valence electrons. The number of hydrogen-bond donors (Lipinski definition) is 0. The highest BCUT2D eigenvalue weighted by Crippen LogP contribution is 2.33. The quantitative estimate of drug-likeness (QED) is 0.274. The molecule has 0 aromatic heterocycles. The Kier molecular flexibility index (Phi) is 6.51. The molecule has 0 aliphatic rings. The standard InChI is InChI=1S/C27H24O4/c1-6-26(28)30-22-11-7-20(8-12-22)24-15-19(5)25(16-18(24)4)21-9-13-23(14-10-21)31-27(29)17(2)3/h6-16H,1-2H2,3-5H3. The molecule has 4 nitrogen and oxygen atoms in total. The Morgan fingerprint density at radius 3 is 1.58 bits per heavy atom. The van der Waals surface area contributed by atoms with E-state index in [0.29, 0.717) is 17.1 Å². The summed E-state index contributed by atoms with van der Waals surface area (Å²) < 4.78 is 10.4. The van der Waals surface area contributed by atoms with Crippen LogP contribution in [-0.2, 0) is 9.59 Å². The zero-order chi connectivity index (χ0) is 22.5. The van der Waals surface area contributed by atoms with Crippen LogP contribution in [0.2, 0.25) is 0 Å². The summed E-state index contributed by atoms with van der Waals surface area (Å²) in [7, 11) is 0. The first-order chi connectivity index (χ1) is 14.8. The smallest absolute Gasteiger partial charge is 0.338 e. The van der Waals surface area contributed by atoms with Crippen LogP contribution in [0.3, 0.4) is 0 Å². The van der Waals surface area contributed by atoms with Gasteiger partial charge in [0.2, 0.25) is 0 Å². The molecule has 0 fully saturated rings. The molecule has 31 heavy (non-hydrogen) atoms. The van der Waals surface area contributed by atoms with Gasteiger partial charge in [0.25, 0.3) is 0 Å². The fourth-order valence-corrected chi connectivity index (χ4v) is 3.20. The molecule has 0 amide bonds. The average molecular weight is 412 g/mol. The molecule has 0 spiro atoms. The van der Waals surface area contributed by atoms with E-state index in [9.17, 15) is 9.59 Å². The van der Waals surface area contributed by atoms with E-state index in [4.69, 9.17) is 9.47 Å². The highest BCUT2D eigenvalue weighted by atomic mass is 16.5. The van der Waals surface area contributed by atoms with Gasteiger partial charge in [-0.15, -0.1) is 0 Å². The van der Waals surface area contributed by atoms with E-state index in [0.717, 1.165) is 39.5 Å². The normalized spacial score (nSPS) is 10.3. The zero-order valence-electron chi connectivity index (χ0n) is 17.9. The Balaban J connectivity index is 1.85. The van der Waals surface area contributed by atoms with Crippen molar-refractivity contribution in [1.29, 1.82) is 0 Å². The van der Waals surface area contributed by atoms with Gasteiger partial charge in [-0.3, -0.25) is 0 Å². The maximum Gasteiger partial charge on any atom is 0.338 e. The molecule has 0 saturated carbocycles. The van der Waals surface area contributed by atoms with Crippen LogP contribution in [0, 0.1) is 13.8 Å². The van der Waals surface area contributed by atoms with Crippen LogP contribution in [0.4, 0.5) is 0 Å². The second-order valence-electron chi connectivity index (χ2n) is 7.33. The summed E-state index contributed by atoms with van der Waals surface area (Å²) in [5.41, 5.74) is 6.88. The summed E-state index contributed by atoms with van der Waals surface area (Å²) >= 11 is 0. The topological polar surface area (TPSA) is 52.6 Å². The number of benzene rings is 3. The summed E-state index contributed by atoms with van der Waals surface area (Å²) in [6.07, 6.45) is 1.14.